The zero-order valence-corrected chi connectivity index (χ0v) is 14.5. The van der Waals surface area contributed by atoms with Gasteiger partial charge in [0, 0.05) is 18.8 Å². The van der Waals surface area contributed by atoms with Crippen molar-refractivity contribution in [1.29, 1.82) is 0 Å². The summed E-state index contributed by atoms with van der Waals surface area (Å²) in [5, 5.41) is 10.9. The van der Waals surface area contributed by atoms with Gasteiger partial charge in [0.25, 0.3) is 5.91 Å². The van der Waals surface area contributed by atoms with Crippen LogP contribution in [0, 0.1) is 6.92 Å². The molecule has 0 spiro atoms. The summed E-state index contributed by atoms with van der Waals surface area (Å²) in [4.78, 5) is 12.4. The largest absolute Gasteiger partial charge is 0.348 e. The number of carbonyl (C=O) groups is 1. The van der Waals surface area contributed by atoms with Crippen molar-refractivity contribution in [3.05, 3.63) is 53.3 Å². The van der Waals surface area contributed by atoms with E-state index < -0.39 is 0 Å². The Labute approximate surface area is 143 Å². The summed E-state index contributed by atoms with van der Waals surface area (Å²) < 4.78 is 1.92. The molecule has 2 aromatic rings. The van der Waals surface area contributed by atoms with Crippen LogP contribution < -0.4 is 10.6 Å². The smallest absolute Gasteiger partial charge is 0.271 e. The van der Waals surface area contributed by atoms with E-state index >= 15 is 0 Å². The summed E-state index contributed by atoms with van der Waals surface area (Å²) in [6.07, 6.45) is 5.00. The number of hydrogen-bond donors (Lipinski definition) is 2. The van der Waals surface area contributed by atoms with Gasteiger partial charge in [-0.1, -0.05) is 24.3 Å². The van der Waals surface area contributed by atoms with Crippen LogP contribution in [0.3, 0.4) is 0 Å². The molecule has 1 aliphatic heterocycles. The zero-order valence-electron chi connectivity index (χ0n) is 14.5. The number of rotatable bonds is 5. The average Bonchev–Trinajstić information content (AvgIpc) is 3.08. The molecule has 1 saturated heterocycles. The van der Waals surface area contributed by atoms with Gasteiger partial charge in [-0.15, -0.1) is 0 Å². The van der Waals surface area contributed by atoms with Gasteiger partial charge in [-0.2, -0.15) is 5.10 Å². The van der Waals surface area contributed by atoms with Crippen LogP contribution in [-0.2, 0) is 6.42 Å². The van der Waals surface area contributed by atoms with Crippen molar-refractivity contribution in [1.82, 2.24) is 20.4 Å². The lowest BCUT2D eigenvalue weighted by atomic mass is 10.0. The van der Waals surface area contributed by atoms with Gasteiger partial charge in [0.2, 0.25) is 0 Å². The molecule has 128 valence electrons. The Bertz CT molecular complexity index is 688. The molecule has 2 unspecified atom stereocenters. The van der Waals surface area contributed by atoms with E-state index in [1.54, 1.807) is 0 Å². The van der Waals surface area contributed by atoms with Gasteiger partial charge in [0.1, 0.15) is 5.69 Å². The molecule has 2 atom stereocenters. The van der Waals surface area contributed by atoms with Crippen LogP contribution in [0.1, 0.15) is 47.4 Å². The van der Waals surface area contributed by atoms with E-state index in [2.05, 4.69) is 34.8 Å². The third kappa shape index (κ3) is 4.03. The number of hydrogen-bond acceptors (Lipinski definition) is 3. The lowest BCUT2D eigenvalue weighted by Gasteiger charge is -2.22. The molecular weight excluding hydrogens is 300 g/mol. The van der Waals surface area contributed by atoms with E-state index in [-0.39, 0.29) is 11.9 Å². The predicted molar refractivity (Wildman–Crippen MR) is 95.2 cm³/mol. The fourth-order valence-electron chi connectivity index (χ4n) is 3.24. The van der Waals surface area contributed by atoms with E-state index in [4.69, 9.17) is 0 Å². The molecule has 2 N–H and O–H groups in total. The summed E-state index contributed by atoms with van der Waals surface area (Å²) in [6, 6.07) is 10.5. The van der Waals surface area contributed by atoms with Crippen molar-refractivity contribution in [2.45, 2.75) is 45.2 Å². The highest BCUT2D eigenvalue weighted by atomic mass is 16.2. The minimum atomic E-state index is -0.0985. The first-order chi connectivity index (χ1) is 11.6. The van der Waals surface area contributed by atoms with Crippen LogP contribution in [0.25, 0.3) is 0 Å². The van der Waals surface area contributed by atoms with Crippen LogP contribution in [-0.4, -0.2) is 34.8 Å². The van der Waals surface area contributed by atoms with Gasteiger partial charge in [-0.25, -0.2) is 0 Å². The molecule has 3 rings (SSSR count). The summed E-state index contributed by atoms with van der Waals surface area (Å²) >= 11 is 0. The summed E-state index contributed by atoms with van der Waals surface area (Å²) in [6.45, 7) is 6.13. The van der Waals surface area contributed by atoms with E-state index in [1.807, 2.05) is 36.0 Å². The molecule has 1 amide bonds. The molecule has 0 saturated carbocycles. The zero-order chi connectivity index (χ0) is 16.9. The van der Waals surface area contributed by atoms with Crippen molar-refractivity contribution in [2.75, 3.05) is 13.1 Å². The Morgan fingerprint density at radius 1 is 1.42 bits per heavy atom. The van der Waals surface area contributed by atoms with Crippen molar-refractivity contribution in [2.24, 2.45) is 0 Å². The topological polar surface area (TPSA) is 59.0 Å². The quantitative estimate of drug-likeness (QED) is 0.887. The van der Waals surface area contributed by atoms with Gasteiger partial charge < -0.3 is 10.6 Å². The maximum atomic E-state index is 12.4. The van der Waals surface area contributed by atoms with Crippen LogP contribution in [0.4, 0.5) is 0 Å². The highest BCUT2D eigenvalue weighted by Crippen LogP contribution is 2.16. The summed E-state index contributed by atoms with van der Waals surface area (Å²) in [7, 11) is 0. The van der Waals surface area contributed by atoms with E-state index in [0.29, 0.717) is 11.7 Å². The number of aromatic nitrogens is 2. The Morgan fingerprint density at radius 3 is 3.00 bits per heavy atom. The number of amides is 1. The number of carbonyl (C=O) groups excluding carboxylic acids is 1. The Morgan fingerprint density at radius 2 is 2.25 bits per heavy atom. The molecule has 5 heteroatoms. The highest BCUT2D eigenvalue weighted by Gasteiger charge is 2.18. The lowest BCUT2D eigenvalue weighted by Crippen LogP contribution is -2.35. The fraction of sp³-hybridized carbons (Fsp3) is 0.474. The van der Waals surface area contributed by atoms with Gasteiger partial charge in [0.15, 0.2) is 0 Å². The summed E-state index contributed by atoms with van der Waals surface area (Å²) in [5.41, 5.74) is 3.02. The minimum absolute atomic E-state index is 0.0695. The molecule has 0 bridgehead atoms. The molecule has 5 nitrogen and oxygen atoms in total. The Kier molecular flexibility index (Phi) is 5.30. The maximum Gasteiger partial charge on any atom is 0.271 e. The second-order valence-corrected chi connectivity index (χ2v) is 6.69. The molecule has 1 aromatic carbocycles. The van der Waals surface area contributed by atoms with Crippen molar-refractivity contribution in [3.8, 4) is 0 Å². The maximum absolute atomic E-state index is 12.4. The number of nitrogens with zero attached hydrogens (tertiary/aromatic N) is 2. The molecule has 2 heterocycles. The first kappa shape index (κ1) is 16.7. The third-order valence-corrected chi connectivity index (χ3v) is 4.65. The molecule has 1 aromatic heterocycles. The van der Waals surface area contributed by atoms with Crippen LogP contribution in [0.15, 0.2) is 36.5 Å². The average molecular weight is 326 g/mol. The molecular formula is C19H26N4O. The first-order valence-electron chi connectivity index (χ1n) is 8.74. The van der Waals surface area contributed by atoms with E-state index in [9.17, 15) is 4.79 Å². The predicted octanol–water partition coefficient (Wildman–Crippen LogP) is 2.48. The molecule has 1 aliphatic rings. The van der Waals surface area contributed by atoms with Crippen LogP contribution in [0.5, 0.6) is 0 Å². The molecule has 24 heavy (non-hydrogen) atoms. The number of aryl methyl sites for hydroxylation is 1. The minimum Gasteiger partial charge on any atom is -0.348 e. The Hall–Kier alpha value is -2.14. The van der Waals surface area contributed by atoms with Crippen molar-refractivity contribution in [3.63, 3.8) is 0 Å². The SMILES string of the molecule is Cc1ccccc1CC(C)NC(=O)c1ccn(C2CCCNC2)n1. The van der Waals surface area contributed by atoms with Crippen molar-refractivity contribution >= 4 is 5.91 Å². The van der Waals surface area contributed by atoms with Gasteiger partial charge in [0.05, 0.1) is 6.04 Å². The first-order valence-corrected chi connectivity index (χ1v) is 8.74. The molecule has 0 aliphatic carbocycles. The number of nitrogens with one attached hydrogen (secondary N) is 2. The Balaban J connectivity index is 1.58. The van der Waals surface area contributed by atoms with Crippen LogP contribution in [0.2, 0.25) is 0 Å². The monoisotopic (exact) mass is 326 g/mol. The number of benzene rings is 1. The second-order valence-electron chi connectivity index (χ2n) is 6.69. The fourth-order valence-corrected chi connectivity index (χ4v) is 3.24. The number of piperidine rings is 1. The molecule has 0 radical (unpaired) electrons. The third-order valence-electron chi connectivity index (χ3n) is 4.65. The normalized spacial score (nSPS) is 19.0. The second kappa shape index (κ2) is 7.62. The van der Waals surface area contributed by atoms with Gasteiger partial charge in [-0.05, 0) is 56.8 Å². The van der Waals surface area contributed by atoms with E-state index in [0.717, 1.165) is 32.4 Å². The van der Waals surface area contributed by atoms with Gasteiger partial charge >= 0.3 is 0 Å². The van der Waals surface area contributed by atoms with Crippen LogP contribution >= 0.6 is 0 Å². The van der Waals surface area contributed by atoms with Crippen molar-refractivity contribution < 1.29 is 4.79 Å². The molecule has 1 fully saturated rings. The summed E-state index contributed by atoms with van der Waals surface area (Å²) in [5.74, 6) is -0.0985. The standard InChI is InChI=1S/C19H26N4O/c1-14-6-3-4-7-16(14)12-15(2)21-19(24)18-9-11-23(22-18)17-8-5-10-20-13-17/h3-4,6-7,9,11,15,17,20H,5,8,10,12-13H2,1-2H3,(H,21,24). The van der Waals surface area contributed by atoms with E-state index in [1.165, 1.54) is 11.1 Å². The lowest BCUT2D eigenvalue weighted by molar-refractivity contribution is 0.0933. The highest BCUT2D eigenvalue weighted by molar-refractivity contribution is 5.92. The van der Waals surface area contributed by atoms with Gasteiger partial charge in [-0.3, -0.25) is 9.48 Å².